The predicted octanol–water partition coefficient (Wildman–Crippen LogP) is 3.46. The molecule has 1 aromatic heterocycles. The zero-order valence-corrected chi connectivity index (χ0v) is 18.9. The highest BCUT2D eigenvalue weighted by Gasteiger charge is 2.30. The number of hydrogen-bond donors (Lipinski definition) is 2. The molecule has 2 aliphatic rings. The maximum atomic E-state index is 12.4. The Balaban J connectivity index is 1.27. The maximum Gasteiger partial charge on any atom is 0.234 e. The number of nitrogens with zero attached hydrogens (tertiary/aromatic N) is 3. The first kappa shape index (κ1) is 21.1. The number of piperidine rings is 1. The van der Waals surface area contributed by atoms with Crippen molar-refractivity contribution in [2.45, 2.75) is 36.8 Å². The third kappa shape index (κ3) is 5.95. The molecule has 158 valence electrons. The molecule has 0 bridgehead atoms. The lowest BCUT2D eigenvalue weighted by Gasteiger charge is -2.32. The number of anilines is 2. The maximum absolute atomic E-state index is 12.4. The van der Waals surface area contributed by atoms with E-state index in [0.717, 1.165) is 48.2 Å². The van der Waals surface area contributed by atoms with Crippen LogP contribution in [0.5, 0.6) is 0 Å². The van der Waals surface area contributed by atoms with E-state index < -0.39 is 0 Å². The molecule has 1 aromatic carbocycles. The highest BCUT2D eigenvalue weighted by molar-refractivity contribution is 9.10. The van der Waals surface area contributed by atoms with Crippen LogP contribution < -0.4 is 15.5 Å². The van der Waals surface area contributed by atoms with Gasteiger partial charge >= 0.3 is 0 Å². The lowest BCUT2D eigenvalue weighted by atomic mass is 9.97. The number of carbonyl (C=O) groups is 2. The molecule has 0 radical (unpaired) electrons. The largest absolute Gasteiger partial charge is 0.354 e. The summed E-state index contributed by atoms with van der Waals surface area (Å²) < 4.78 is 0.916. The fraction of sp³-hybridized carbons (Fsp3) is 0.429. The second kappa shape index (κ2) is 9.78. The number of rotatable bonds is 7. The lowest BCUT2D eigenvalue weighted by molar-refractivity contribution is -0.125. The van der Waals surface area contributed by atoms with Crippen LogP contribution in [-0.2, 0) is 9.59 Å². The Bertz CT molecular complexity index is 907. The molecular formula is C21H24BrN5O2S. The first-order valence-corrected chi connectivity index (χ1v) is 11.9. The van der Waals surface area contributed by atoms with E-state index in [1.54, 1.807) is 0 Å². The monoisotopic (exact) mass is 489 g/mol. The molecule has 1 aliphatic carbocycles. The van der Waals surface area contributed by atoms with E-state index in [2.05, 4.69) is 41.7 Å². The molecule has 2 N–H and O–H groups in total. The average Bonchev–Trinajstić information content (AvgIpc) is 3.57. The summed E-state index contributed by atoms with van der Waals surface area (Å²) in [6, 6.07) is 11.7. The number of carbonyl (C=O) groups excluding carboxylic acids is 2. The van der Waals surface area contributed by atoms with Crippen LogP contribution in [-0.4, -0.2) is 46.9 Å². The normalized spacial score (nSPS) is 18.7. The second-order valence-electron chi connectivity index (χ2n) is 7.64. The number of benzene rings is 1. The summed E-state index contributed by atoms with van der Waals surface area (Å²) in [5.41, 5.74) is 0.752. The van der Waals surface area contributed by atoms with Crippen LogP contribution in [0.2, 0.25) is 0 Å². The molecule has 4 rings (SSSR count). The van der Waals surface area contributed by atoms with Crippen LogP contribution in [0.3, 0.4) is 0 Å². The molecular weight excluding hydrogens is 466 g/mol. The van der Waals surface area contributed by atoms with Gasteiger partial charge in [0.15, 0.2) is 5.82 Å². The third-order valence-electron chi connectivity index (χ3n) is 5.13. The van der Waals surface area contributed by atoms with Crippen molar-refractivity contribution in [2.75, 3.05) is 29.1 Å². The van der Waals surface area contributed by atoms with Crippen LogP contribution in [0.25, 0.3) is 0 Å². The molecule has 2 heterocycles. The molecule has 7 nitrogen and oxygen atoms in total. The topological polar surface area (TPSA) is 87.2 Å². The van der Waals surface area contributed by atoms with Gasteiger partial charge in [-0.15, -0.1) is 10.2 Å². The third-order valence-corrected chi connectivity index (χ3v) is 6.54. The van der Waals surface area contributed by atoms with Crippen molar-refractivity contribution in [3.05, 3.63) is 40.9 Å². The smallest absolute Gasteiger partial charge is 0.234 e. The van der Waals surface area contributed by atoms with Crippen LogP contribution in [0.1, 0.15) is 25.7 Å². The van der Waals surface area contributed by atoms with Gasteiger partial charge in [0.05, 0.1) is 11.7 Å². The first-order chi connectivity index (χ1) is 14.6. The second-order valence-corrected chi connectivity index (χ2v) is 9.56. The van der Waals surface area contributed by atoms with Crippen LogP contribution >= 0.6 is 27.7 Å². The molecule has 9 heteroatoms. The number of hydrogen-bond acceptors (Lipinski definition) is 6. The van der Waals surface area contributed by atoms with Gasteiger partial charge in [-0.3, -0.25) is 9.59 Å². The molecule has 1 saturated carbocycles. The minimum Gasteiger partial charge on any atom is -0.354 e. The summed E-state index contributed by atoms with van der Waals surface area (Å²) in [7, 11) is 0. The van der Waals surface area contributed by atoms with Crippen molar-refractivity contribution in [1.82, 2.24) is 15.5 Å². The average molecular weight is 490 g/mol. The Labute approximate surface area is 188 Å². The van der Waals surface area contributed by atoms with E-state index in [0.29, 0.717) is 17.6 Å². The van der Waals surface area contributed by atoms with Crippen LogP contribution in [0, 0.1) is 5.92 Å². The predicted molar refractivity (Wildman–Crippen MR) is 122 cm³/mol. The van der Waals surface area contributed by atoms with Crippen LogP contribution in [0.15, 0.2) is 45.9 Å². The van der Waals surface area contributed by atoms with E-state index in [1.165, 1.54) is 11.8 Å². The van der Waals surface area contributed by atoms with E-state index in [-0.39, 0.29) is 23.5 Å². The van der Waals surface area contributed by atoms with Gasteiger partial charge < -0.3 is 15.5 Å². The molecule has 2 aromatic rings. The quantitative estimate of drug-likeness (QED) is 0.579. The van der Waals surface area contributed by atoms with Crippen molar-refractivity contribution < 1.29 is 9.59 Å². The summed E-state index contributed by atoms with van der Waals surface area (Å²) in [6.45, 7) is 1.55. The number of halogens is 1. The fourth-order valence-corrected chi connectivity index (χ4v) is 4.42. The lowest BCUT2D eigenvalue weighted by Crippen LogP contribution is -2.44. The Morgan fingerprint density at radius 1 is 1.17 bits per heavy atom. The molecule has 1 saturated heterocycles. The highest BCUT2D eigenvalue weighted by atomic mass is 79.9. The van der Waals surface area contributed by atoms with E-state index in [9.17, 15) is 9.59 Å². The summed E-state index contributed by atoms with van der Waals surface area (Å²) >= 11 is 4.74. The minimum absolute atomic E-state index is 0.0110. The van der Waals surface area contributed by atoms with Crippen LogP contribution in [0.4, 0.5) is 11.5 Å². The standard InChI is InChI=1S/C21H24BrN5O2S/c22-15-4-1-5-17(11-15)23-19(28)13-30-20-9-8-18(25-26-20)27-10-2-3-14(12-27)21(29)24-16-6-7-16/h1,4-5,8-9,11,14,16H,2-3,6-7,10,12-13H2,(H,23,28)(H,24,29). The summed E-state index contributed by atoms with van der Waals surface area (Å²) in [6.07, 6.45) is 4.10. The van der Waals surface area contributed by atoms with Gasteiger partial charge in [-0.2, -0.15) is 0 Å². The Kier molecular flexibility index (Phi) is 6.89. The van der Waals surface area contributed by atoms with E-state index in [4.69, 9.17) is 0 Å². The molecule has 30 heavy (non-hydrogen) atoms. The summed E-state index contributed by atoms with van der Waals surface area (Å²) in [4.78, 5) is 26.6. The van der Waals surface area contributed by atoms with Gasteiger partial charge in [-0.05, 0) is 56.0 Å². The summed E-state index contributed by atoms with van der Waals surface area (Å²) in [5.74, 6) is 1.12. The molecule has 2 fully saturated rings. The van der Waals surface area contributed by atoms with Gasteiger partial charge in [-0.1, -0.05) is 33.8 Å². The van der Waals surface area contributed by atoms with Crippen molar-refractivity contribution in [3.63, 3.8) is 0 Å². The Morgan fingerprint density at radius 3 is 2.77 bits per heavy atom. The van der Waals surface area contributed by atoms with Gasteiger partial charge in [0, 0.05) is 29.3 Å². The van der Waals surface area contributed by atoms with Gasteiger partial charge in [0.25, 0.3) is 0 Å². The van der Waals surface area contributed by atoms with Crippen molar-refractivity contribution >= 4 is 51.0 Å². The van der Waals surface area contributed by atoms with E-state index in [1.807, 2.05) is 36.4 Å². The Morgan fingerprint density at radius 2 is 2.03 bits per heavy atom. The molecule has 2 amide bonds. The molecule has 1 unspecified atom stereocenters. The van der Waals surface area contributed by atoms with Crippen molar-refractivity contribution in [3.8, 4) is 0 Å². The number of aromatic nitrogens is 2. The molecule has 0 spiro atoms. The molecule has 1 aliphatic heterocycles. The zero-order valence-electron chi connectivity index (χ0n) is 16.5. The van der Waals surface area contributed by atoms with Gasteiger partial charge in [0.1, 0.15) is 5.03 Å². The molecule has 1 atom stereocenters. The van der Waals surface area contributed by atoms with Gasteiger partial charge in [-0.25, -0.2) is 0 Å². The summed E-state index contributed by atoms with van der Waals surface area (Å²) in [5, 5.41) is 15.3. The first-order valence-electron chi connectivity index (χ1n) is 10.1. The van der Waals surface area contributed by atoms with Crippen molar-refractivity contribution in [2.24, 2.45) is 5.92 Å². The SMILES string of the molecule is O=C(CSc1ccc(N2CCCC(C(=O)NC3CC3)C2)nn1)Nc1cccc(Br)c1. The van der Waals surface area contributed by atoms with E-state index >= 15 is 0 Å². The number of amides is 2. The highest BCUT2D eigenvalue weighted by Crippen LogP contribution is 2.25. The number of nitrogens with one attached hydrogen (secondary N) is 2. The van der Waals surface area contributed by atoms with Crippen molar-refractivity contribution in [1.29, 1.82) is 0 Å². The fourth-order valence-electron chi connectivity index (χ4n) is 3.41. The Hall–Kier alpha value is -2.13. The minimum atomic E-state index is -0.0930. The van der Waals surface area contributed by atoms with Gasteiger partial charge in [0.2, 0.25) is 11.8 Å². The number of thioether (sulfide) groups is 1. The zero-order chi connectivity index (χ0) is 20.9.